The number of carboxylic acid groups (broad SMARTS) is 2. The van der Waals surface area contributed by atoms with Gasteiger partial charge in [0.1, 0.15) is 0 Å². The third-order valence-electron chi connectivity index (χ3n) is 3.64. The SMILES string of the molecule is CC(C)CC(CC(C)C)(C(=O)O)C(C(=O)O)C(C)(C)C. The van der Waals surface area contributed by atoms with Crippen molar-refractivity contribution in [1.82, 2.24) is 0 Å². The Morgan fingerprint density at radius 2 is 1.25 bits per heavy atom. The van der Waals surface area contributed by atoms with Crippen LogP contribution in [0.5, 0.6) is 0 Å². The molecule has 0 aromatic rings. The summed E-state index contributed by atoms with van der Waals surface area (Å²) in [6.07, 6.45) is 0.767. The van der Waals surface area contributed by atoms with Crippen LogP contribution in [-0.4, -0.2) is 22.2 Å². The summed E-state index contributed by atoms with van der Waals surface area (Å²) >= 11 is 0. The lowest BCUT2D eigenvalue weighted by atomic mass is 9.58. The van der Waals surface area contributed by atoms with Gasteiger partial charge in [-0.2, -0.15) is 0 Å². The molecule has 2 N–H and O–H groups in total. The fourth-order valence-corrected chi connectivity index (χ4v) is 3.51. The van der Waals surface area contributed by atoms with E-state index in [0.717, 1.165) is 0 Å². The van der Waals surface area contributed by atoms with Crippen molar-refractivity contribution in [3.8, 4) is 0 Å². The number of rotatable bonds is 7. The van der Waals surface area contributed by atoms with Crippen molar-refractivity contribution in [2.45, 2.75) is 61.3 Å². The molecule has 1 unspecified atom stereocenters. The molecular formula is C16H30O4. The molecule has 20 heavy (non-hydrogen) atoms. The molecule has 0 radical (unpaired) electrons. The van der Waals surface area contributed by atoms with E-state index in [1.165, 1.54) is 0 Å². The van der Waals surface area contributed by atoms with Gasteiger partial charge in [-0.3, -0.25) is 9.59 Å². The molecule has 0 saturated heterocycles. The number of carboxylic acids is 2. The lowest BCUT2D eigenvalue weighted by Gasteiger charge is -2.43. The standard InChI is InChI=1S/C16H30O4/c1-10(2)8-16(14(19)20,9-11(3)4)12(13(17)18)15(5,6)7/h10-12H,8-9H2,1-7H3,(H,17,18)(H,19,20). The quantitative estimate of drug-likeness (QED) is 0.744. The first kappa shape index (κ1) is 18.9. The predicted molar refractivity (Wildman–Crippen MR) is 79.6 cm³/mol. The first-order valence-corrected chi connectivity index (χ1v) is 7.30. The van der Waals surface area contributed by atoms with Crippen LogP contribution < -0.4 is 0 Å². The second-order valence-corrected chi connectivity index (χ2v) is 7.79. The van der Waals surface area contributed by atoms with Gasteiger partial charge in [0.15, 0.2) is 0 Å². The molecule has 118 valence electrons. The van der Waals surface area contributed by atoms with Crippen molar-refractivity contribution in [1.29, 1.82) is 0 Å². The van der Waals surface area contributed by atoms with E-state index in [1.807, 2.05) is 48.5 Å². The van der Waals surface area contributed by atoms with E-state index in [9.17, 15) is 19.8 Å². The maximum atomic E-state index is 12.0. The number of aliphatic carboxylic acids is 2. The van der Waals surface area contributed by atoms with E-state index in [2.05, 4.69) is 0 Å². The Hall–Kier alpha value is -1.06. The molecule has 0 aromatic heterocycles. The largest absolute Gasteiger partial charge is 0.481 e. The fourth-order valence-electron chi connectivity index (χ4n) is 3.51. The summed E-state index contributed by atoms with van der Waals surface area (Å²) in [5.41, 5.74) is -1.82. The summed E-state index contributed by atoms with van der Waals surface area (Å²) in [6.45, 7) is 13.2. The Balaban J connectivity index is 6.01. The second kappa shape index (κ2) is 6.59. The van der Waals surface area contributed by atoms with Gasteiger partial charge >= 0.3 is 11.9 Å². The van der Waals surface area contributed by atoms with Crippen molar-refractivity contribution < 1.29 is 19.8 Å². The zero-order valence-corrected chi connectivity index (χ0v) is 13.9. The molecule has 0 saturated carbocycles. The van der Waals surface area contributed by atoms with E-state index in [-0.39, 0.29) is 11.8 Å². The fraction of sp³-hybridized carbons (Fsp3) is 0.875. The lowest BCUT2D eigenvalue weighted by Crippen LogP contribution is -2.50. The van der Waals surface area contributed by atoms with E-state index in [1.54, 1.807) is 0 Å². The third-order valence-corrected chi connectivity index (χ3v) is 3.64. The van der Waals surface area contributed by atoms with Crippen molar-refractivity contribution in [3.63, 3.8) is 0 Å². The number of hydrogen-bond acceptors (Lipinski definition) is 2. The van der Waals surface area contributed by atoms with Crippen molar-refractivity contribution in [3.05, 3.63) is 0 Å². The monoisotopic (exact) mass is 286 g/mol. The van der Waals surface area contributed by atoms with Crippen LogP contribution in [0.4, 0.5) is 0 Å². The Kier molecular flexibility index (Phi) is 6.25. The van der Waals surface area contributed by atoms with Crippen LogP contribution in [-0.2, 0) is 9.59 Å². The minimum Gasteiger partial charge on any atom is -0.481 e. The van der Waals surface area contributed by atoms with Crippen molar-refractivity contribution in [2.24, 2.45) is 28.6 Å². The van der Waals surface area contributed by atoms with Gasteiger partial charge in [0.2, 0.25) is 0 Å². The minimum atomic E-state index is -1.22. The van der Waals surface area contributed by atoms with Crippen LogP contribution in [0.25, 0.3) is 0 Å². The van der Waals surface area contributed by atoms with Gasteiger partial charge in [-0.25, -0.2) is 0 Å². The Labute approximate surface area is 122 Å². The lowest BCUT2D eigenvalue weighted by molar-refractivity contribution is -0.172. The molecule has 4 nitrogen and oxygen atoms in total. The molecule has 0 aliphatic rings. The Morgan fingerprint density at radius 1 is 0.900 bits per heavy atom. The molecule has 0 aliphatic heterocycles. The zero-order chi connectivity index (χ0) is 16.3. The summed E-state index contributed by atoms with van der Waals surface area (Å²) < 4.78 is 0. The summed E-state index contributed by atoms with van der Waals surface area (Å²) in [4.78, 5) is 23.8. The molecule has 0 aromatic carbocycles. The van der Waals surface area contributed by atoms with Crippen LogP contribution in [0.3, 0.4) is 0 Å². The molecule has 0 aliphatic carbocycles. The summed E-state index contributed by atoms with van der Waals surface area (Å²) in [7, 11) is 0. The summed E-state index contributed by atoms with van der Waals surface area (Å²) in [5.74, 6) is -2.64. The molecule has 4 heteroatoms. The molecule has 0 fully saturated rings. The third kappa shape index (κ3) is 4.50. The highest BCUT2D eigenvalue weighted by Gasteiger charge is 2.54. The minimum absolute atomic E-state index is 0.133. The smallest absolute Gasteiger partial charge is 0.310 e. The number of hydrogen-bond donors (Lipinski definition) is 2. The predicted octanol–water partition coefficient (Wildman–Crippen LogP) is 3.90. The molecule has 1 atom stereocenters. The first-order chi connectivity index (χ1) is 8.84. The maximum absolute atomic E-state index is 12.0. The van der Waals surface area contributed by atoms with E-state index in [4.69, 9.17) is 0 Å². The number of carbonyl (C=O) groups is 2. The van der Waals surface area contributed by atoms with Gasteiger partial charge in [-0.05, 0) is 30.1 Å². The average Bonchev–Trinajstić information content (AvgIpc) is 2.10. The van der Waals surface area contributed by atoms with E-state index >= 15 is 0 Å². The average molecular weight is 286 g/mol. The topological polar surface area (TPSA) is 74.6 Å². The van der Waals surface area contributed by atoms with Crippen molar-refractivity contribution >= 4 is 11.9 Å². The van der Waals surface area contributed by atoms with Crippen molar-refractivity contribution in [2.75, 3.05) is 0 Å². The highest BCUT2D eigenvalue weighted by molar-refractivity contribution is 5.84. The van der Waals surface area contributed by atoms with Crippen LogP contribution in [0.15, 0.2) is 0 Å². The first-order valence-electron chi connectivity index (χ1n) is 7.30. The molecule has 0 spiro atoms. The summed E-state index contributed by atoms with van der Waals surface area (Å²) in [5, 5.41) is 19.5. The maximum Gasteiger partial charge on any atom is 0.310 e. The van der Waals surface area contributed by atoms with Gasteiger partial charge in [0.05, 0.1) is 11.3 Å². The van der Waals surface area contributed by atoms with Gasteiger partial charge in [0, 0.05) is 0 Å². The van der Waals surface area contributed by atoms with Gasteiger partial charge in [-0.15, -0.1) is 0 Å². The van der Waals surface area contributed by atoms with Crippen LogP contribution in [0, 0.1) is 28.6 Å². The van der Waals surface area contributed by atoms with Crippen LogP contribution in [0.1, 0.15) is 61.3 Å². The Morgan fingerprint density at radius 3 is 1.40 bits per heavy atom. The van der Waals surface area contributed by atoms with Crippen LogP contribution >= 0.6 is 0 Å². The van der Waals surface area contributed by atoms with Gasteiger partial charge in [0.25, 0.3) is 0 Å². The molecular weight excluding hydrogens is 256 g/mol. The highest BCUT2D eigenvalue weighted by Crippen LogP contribution is 2.48. The zero-order valence-electron chi connectivity index (χ0n) is 13.9. The molecule has 0 bridgehead atoms. The summed E-state index contributed by atoms with van der Waals surface area (Å²) in [6, 6.07) is 0. The van der Waals surface area contributed by atoms with E-state index < -0.39 is 28.7 Å². The normalized spacial score (nSPS) is 14.7. The second-order valence-electron chi connectivity index (χ2n) is 7.79. The van der Waals surface area contributed by atoms with E-state index in [0.29, 0.717) is 12.8 Å². The highest BCUT2D eigenvalue weighted by atomic mass is 16.4. The molecule has 0 heterocycles. The van der Waals surface area contributed by atoms with Crippen LogP contribution in [0.2, 0.25) is 0 Å². The van der Waals surface area contributed by atoms with Gasteiger partial charge < -0.3 is 10.2 Å². The Bertz CT molecular complexity index is 340. The molecule has 0 amide bonds. The van der Waals surface area contributed by atoms with Gasteiger partial charge in [-0.1, -0.05) is 48.5 Å². The molecule has 0 rings (SSSR count).